The summed E-state index contributed by atoms with van der Waals surface area (Å²) in [5.74, 6) is 0.540. The third-order valence-corrected chi connectivity index (χ3v) is 7.25. The number of para-hydroxylation sites is 2. The monoisotopic (exact) mass is 672 g/mol. The molecule has 0 saturated carbocycles. The van der Waals surface area contributed by atoms with Crippen LogP contribution in [0.15, 0.2) is 114 Å². The van der Waals surface area contributed by atoms with Crippen LogP contribution in [0.4, 0.5) is 5.69 Å². The maximum Gasteiger partial charge on any atom is 0.312 e. The first-order valence-electron chi connectivity index (χ1n) is 12.3. The summed E-state index contributed by atoms with van der Waals surface area (Å²) < 4.78 is 14.5. The standard InChI is InChI=1S/C30H18Br2N4O5/c31-21-11-9-18(10-12-21)17-40-28-20(13-22(32)15-25(28)36(38)39)16-33-35-29(27-14-19-5-1-4-8-26(19)41-27)34-24-7-3-2-6-23(24)30(35)37/h1-16H,17H2. The lowest BCUT2D eigenvalue weighted by atomic mass is 10.2. The lowest BCUT2D eigenvalue weighted by molar-refractivity contribution is -0.386. The first-order chi connectivity index (χ1) is 19.9. The van der Waals surface area contributed by atoms with Crippen molar-refractivity contribution in [3.8, 4) is 17.3 Å². The van der Waals surface area contributed by atoms with Gasteiger partial charge in [0.25, 0.3) is 5.56 Å². The number of ether oxygens (including phenoxy) is 1. The SMILES string of the molecule is O=c1c2ccccc2nc(-c2cc3ccccc3o2)n1N=Cc1cc(Br)cc([N+](=O)[O-])c1OCc1ccc(Br)cc1. The van der Waals surface area contributed by atoms with Gasteiger partial charge >= 0.3 is 5.69 Å². The topological polar surface area (TPSA) is 113 Å². The number of nitro groups is 1. The van der Waals surface area contributed by atoms with Crippen molar-refractivity contribution in [2.45, 2.75) is 6.61 Å². The smallest absolute Gasteiger partial charge is 0.312 e. The fourth-order valence-electron chi connectivity index (χ4n) is 4.33. The second-order valence-electron chi connectivity index (χ2n) is 8.98. The van der Waals surface area contributed by atoms with E-state index in [2.05, 4.69) is 41.9 Å². The van der Waals surface area contributed by atoms with Gasteiger partial charge in [-0.05, 0) is 48.0 Å². The molecule has 9 nitrogen and oxygen atoms in total. The number of nitrogens with zero attached hydrogens (tertiary/aromatic N) is 4. The molecule has 0 N–H and O–H groups in total. The Morgan fingerprint density at radius 2 is 1.73 bits per heavy atom. The Hall–Kier alpha value is -4.61. The predicted octanol–water partition coefficient (Wildman–Crippen LogP) is 7.70. The van der Waals surface area contributed by atoms with Crippen molar-refractivity contribution >= 4 is 65.6 Å². The van der Waals surface area contributed by atoms with Gasteiger partial charge in [0, 0.05) is 26.0 Å². The average molecular weight is 674 g/mol. The molecule has 0 radical (unpaired) electrons. The van der Waals surface area contributed by atoms with E-state index in [0.717, 1.165) is 20.1 Å². The number of hydrogen-bond donors (Lipinski definition) is 0. The molecule has 0 aliphatic heterocycles. The molecule has 0 bridgehead atoms. The van der Waals surface area contributed by atoms with Gasteiger partial charge in [-0.15, -0.1) is 0 Å². The molecule has 0 aliphatic carbocycles. The Morgan fingerprint density at radius 3 is 2.51 bits per heavy atom. The van der Waals surface area contributed by atoms with Gasteiger partial charge < -0.3 is 9.15 Å². The summed E-state index contributed by atoms with van der Waals surface area (Å²) in [4.78, 5) is 29.8. The molecule has 0 unspecified atom stereocenters. The van der Waals surface area contributed by atoms with E-state index in [1.54, 1.807) is 36.4 Å². The second kappa shape index (κ2) is 11.1. The van der Waals surface area contributed by atoms with E-state index < -0.39 is 10.5 Å². The number of halogens is 2. The third-order valence-electron chi connectivity index (χ3n) is 6.27. The summed E-state index contributed by atoms with van der Waals surface area (Å²) in [6.07, 6.45) is 1.35. The molecule has 6 rings (SSSR count). The van der Waals surface area contributed by atoms with Crippen LogP contribution in [0.25, 0.3) is 33.5 Å². The number of nitro benzene ring substituents is 1. The van der Waals surface area contributed by atoms with E-state index >= 15 is 0 Å². The van der Waals surface area contributed by atoms with E-state index in [1.807, 2.05) is 48.5 Å². The molecule has 0 spiro atoms. The van der Waals surface area contributed by atoms with Gasteiger partial charge in [0.2, 0.25) is 11.6 Å². The number of fused-ring (bicyclic) bond motifs is 2. The molecule has 41 heavy (non-hydrogen) atoms. The van der Waals surface area contributed by atoms with Crippen LogP contribution in [0.5, 0.6) is 5.75 Å². The summed E-state index contributed by atoms with van der Waals surface area (Å²) in [5, 5.41) is 17.6. The molecule has 202 valence electrons. The first-order valence-corrected chi connectivity index (χ1v) is 13.9. The van der Waals surface area contributed by atoms with Crippen LogP contribution in [0, 0.1) is 10.1 Å². The Bertz CT molecular complexity index is 2000. The van der Waals surface area contributed by atoms with Crippen LogP contribution < -0.4 is 10.3 Å². The van der Waals surface area contributed by atoms with Gasteiger partial charge in [0.05, 0.1) is 22.0 Å². The fraction of sp³-hybridized carbons (Fsp3) is 0.0333. The van der Waals surface area contributed by atoms with Gasteiger partial charge in [-0.25, -0.2) is 4.98 Å². The molecular formula is C30H18Br2N4O5. The van der Waals surface area contributed by atoms with Gasteiger partial charge in [-0.2, -0.15) is 9.78 Å². The second-order valence-corrected chi connectivity index (χ2v) is 10.8. The van der Waals surface area contributed by atoms with Crippen LogP contribution >= 0.6 is 31.9 Å². The van der Waals surface area contributed by atoms with Crippen molar-refractivity contribution < 1.29 is 14.1 Å². The Labute approximate surface area is 249 Å². The van der Waals surface area contributed by atoms with Crippen LogP contribution in [-0.2, 0) is 6.61 Å². The molecule has 0 saturated heterocycles. The van der Waals surface area contributed by atoms with Crippen LogP contribution in [0.3, 0.4) is 0 Å². The van der Waals surface area contributed by atoms with E-state index in [-0.39, 0.29) is 23.9 Å². The van der Waals surface area contributed by atoms with E-state index in [9.17, 15) is 14.9 Å². The van der Waals surface area contributed by atoms with E-state index in [4.69, 9.17) is 9.15 Å². The first kappa shape index (κ1) is 26.6. The summed E-state index contributed by atoms with van der Waals surface area (Å²) in [6, 6.07) is 26.6. The summed E-state index contributed by atoms with van der Waals surface area (Å²) in [6.45, 7) is 0.0817. The number of aromatic nitrogens is 2. The minimum atomic E-state index is -0.525. The molecule has 6 aromatic rings. The molecule has 4 aromatic carbocycles. The zero-order valence-electron chi connectivity index (χ0n) is 21.0. The third kappa shape index (κ3) is 5.41. The molecule has 2 aromatic heterocycles. The highest BCUT2D eigenvalue weighted by atomic mass is 79.9. The largest absolute Gasteiger partial charge is 0.481 e. The Morgan fingerprint density at radius 1 is 0.976 bits per heavy atom. The number of benzene rings is 4. The van der Waals surface area contributed by atoms with Gasteiger partial charge in [-0.1, -0.05) is 74.3 Å². The van der Waals surface area contributed by atoms with Crippen LogP contribution in [0.1, 0.15) is 11.1 Å². The average Bonchev–Trinajstić information content (AvgIpc) is 3.41. The van der Waals surface area contributed by atoms with Gasteiger partial charge in [0.15, 0.2) is 5.76 Å². The lowest BCUT2D eigenvalue weighted by Gasteiger charge is -2.11. The summed E-state index contributed by atoms with van der Waals surface area (Å²) in [7, 11) is 0. The fourth-order valence-corrected chi connectivity index (χ4v) is 5.05. The molecule has 2 heterocycles. The molecular weight excluding hydrogens is 656 g/mol. The van der Waals surface area contributed by atoms with Crippen molar-refractivity contribution in [1.82, 2.24) is 9.66 Å². The van der Waals surface area contributed by atoms with E-state index in [1.165, 1.54) is 12.3 Å². The highest BCUT2D eigenvalue weighted by molar-refractivity contribution is 9.10. The maximum absolute atomic E-state index is 13.6. The van der Waals surface area contributed by atoms with Crippen molar-refractivity contribution in [2.75, 3.05) is 0 Å². The number of hydrogen-bond acceptors (Lipinski definition) is 7. The van der Waals surface area contributed by atoms with E-state index in [0.29, 0.717) is 32.3 Å². The predicted molar refractivity (Wildman–Crippen MR) is 163 cm³/mol. The Balaban J connectivity index is 1.49. The van der Waals surface area contributed by atoms with Gasteiger partial charge in [-0.3, -0.25) is 14.9 Å². The highest BCUT2D eigenvalue weighted by Gasteiger charge is 2.22. The zero-order valence-corrected chi connectivity index (χ0v) is 24.2. The highest BCUT2D eigenvalue weighted by Crippen LogP contribution is 2.35. The van der Waals surface area contributed by atoms with Crippen molar-refractivity contribution in [3.63, 3.8) is 0 Å². The molecule has 0 aliphatic rings. The zero-order chi connectivity index (χ0) is 28.5. The summed E-state index contributed by atoms with van der Waals surface area (Å²) in [5.41, 5.74) is 1.54. The maximum atomic E-state index is 13.6. The van der Waals surface area contributed by atoms with Crippen LogP contribution in [-0.4, -0.2) is 20.8 Å². The van der Waals surface area contributed by atoms with Crippen LogP contribution in [0.2, 0.25) is 0 Å². The lowest BCUT2D eigenvalue weighted by Crippen LogP contribution is -2.20. The molecule has 0 amide bonds. The number of rotatable bonds is 7. The van der Waals surface area contributed by atoms with Crippen molar-refractivity contribution in [2.24, 2.45) is 5.10 Å². The van der Waals surface area contributed by atoms with Crippen molar-refractivity contribution in [3.05, 3.63) is 132 Å². The molecule has 0 fully saturated rings. The Kier molecular flexibility index (Phi) is 7.21. The molecule has 11 heteroatoms. The number of furan rings is 1. The molecule has 0 atom stereocenters. The minimum absolute atomic E-state index is 0.0111. The summed E-state index contributed by atoms with van der Waals surface area (Å²) >= 11 is 6.74. The minimum Gasteiger partial charge on any atom is -0.481 e. The normalized spacial score (nSPS) is 11.5. The van der Waals surface area contributed by atoms with Gasteiger partial charge in [0.1, 0.15) is 12.2 Å². The van der Waals surface area contributed by atoms with Crippen molar-refractivity contribution in [1.29, 1.82) is 0 Å². The quantitative estimate of drug-likeness (QED) is 0.0975.